The van der Waals surface area contributed by atoms with Crippen LogP contribution in [0.5, 0.6) is 0 Å². The van der Waals surface area contributed by atoms with Crippen LogP contribution in [0.25, 0.3) is 0 Å². The lowest BCUT2D eigenvalue weighted by atomic mass is 10.2. The third kappa shape index (κ3) is 5.87. The first kappa shape index (κ1) is 13.7. The largest absolute Gasteiger partial charge is 0.394 e. The second-order valence-corrected chi connectivity index (χ2v) is 3.07. The maximum atomic E-state index is 11.4. The number of aliphatic hydroxyl groups excluding tert-OH is 1. The maximum Gasteiger partial charge on any atom is 0.312 e. The summed E-state index contributed by atoms with van der Waals surface area (Å²) >= 11 is 0. The predicted octanol–water partition coefficient (Wildman–Crippen LogP) is -1.83. The number of methoxy groups -OCH3 is 1. The molecule has 0 bridgehead atoms. The molecule has 7 heteroatoms. The molecule has 0 heterocycles. The van der Waals surface area contributed by atoms with E-state index >= 15 is 0 Å². The van der Waals surface area contributed by atoms with Crippen LogP contribution >= 0.6 is 0 Å². The Hall–Kier alpha value is -1.34. The monoisotopic (exact) mass is 219 g/mol. The first-order chi connectivity index (χ1) is 7.01. The number of nitrogens with two attached hydrogens (primary N) is 1. The minimum absolute atomic E-state index is 0.200. The molecular formula is C8H17N3O4. The van der Waals surface area contributed by atoms with Gasteiger partial charge in [-0.25, -0.2) is 4.79 Å². The van der Waals surface area contributed by atoms with Crippen LogP contribution in [0.4, 0.5) is 4.79 Å². The molecule has 0 aromatic carbocycles. The Labute approximate surface area is 88.0 Å². The predicted molar refractivity (Wildman–Crippen MR) is 53.1 cm³/mol. The van der Waals surface area contributed by atoms with Crippen LogP contribution in [0.1, 0.15) is 6.92 Å². The Kier molecular flexibility index (Phi) is 6.39. The number of rotatable bonds is 6. The highest BCUT2D eigenvalue weighted by atomic mass is 16.5. The van der Waals surface area contributed by atoms with Crippen LogP contribution in [0.15, 0.2) is 0 Å². The van der Waals surface area contributed by atoms with Crippen molar-refractivity contribution in [2.24, 2.45) is 5.73 Å². The number of hydrogen-bond acceptors (Lipinski definition) is 4. The highest BCUT2D eigenvalue weighted by Gasteiger charge is 2.17. The zero-order valence-corrected chi connectivity index (χ0v) is 8.82. The summed E-state index contributed by atoms with van der Waals surface area (Å²) in [5.41, 5.74) is 4.85. The zero-order chi connectivity index (χ0) is 11.8. The number of carbonyl (C=O) groups is 2. The molecule has 3 amide bonds. The van der Waals surface area contributed by atoms with E-state index in [1.165, 1.54) is 14.0 Å². The highest BCUT2D eigenvalue weighted by molar-refractivity contribution is 5.86. The summed E-state index contributed by atoms with van der Waals surface area (Å²) in [7, 11) is 1.46. The van der Waals surface area contributed by atoms with Gasteiger partial charge in [0.15, 0.2) is 0 Å². The van der Waals surface area contributed by atoms with Gasteiger partial charge in [0.25, 0.3) is 0 Å². The van der Waals surface area contributed by atoms with E-state index in [0.29, 0.717) is 0 Å². The van der Waals surface area contributed by atoms with E-state index in [0.717, 1.165) is 0 Å². The van der Waals surface area contributed by atoms with Crippen LogP contribution in [-0.2, 0) is 9.53 Å². The van der Waals surface area contributed by atoms with Crippen LogP contribution in [0, 0.1) is 0 Å². The summed E-state index contributed by atoms with van der Waals surface area (Å²) < 4.78 is 4.77. The molecule has 2 atom stereocenters. The number of urea groups is 1. The quantitative estimate of drug-likeness (QED) is 0.420. The second kappa shape index (κ2) is 7.02. The molecule has 2 unspecified atom stereocenters. The lowest BCUT2D eigenvalue weighted by molar-refractivity contribution is -0.124. The van der Waals surface area contributed by atoms with Crippen molar-refractivity contribution in [2.45, 2.75) is 19.0 Å². The summed E-state index contributed by atoms with van der Waals surface area (Å²) in [4.78, 5) is 21.8. The Balaban J connectivity index is 4.03. The first-order valence-electron chi connectivity index (χ1n) is 4.47. The smallest absolute Gasteiger partial charge is 0.312 e. The lowest BCUT2D eigenvalue weighted by Crippen LogP contribution is -2.51. The molecule has 88 valence electrons. The van der Waals surface area contributed by atoms with Gasteiger partial charge in [-0.2, -0.15) is 0 Å². The van der Waals surface area contributed by atoms with Gasteiger partial charge in [0.2, 0.25) is 5.91 Å². The van der Waals surface area contributed by atoms with Crippen molar-refractivity contribution in [1.29, 1.82) is 0 Å². The molecule has 0 aliphatic heterocycles. The highest BCUT2D eigenvalue weighted by Crippen LogP contribution is 1.87. The molecule has 15 heavy (non-hydrogen) atoms. The number of hydrogen-bond donors (Lipinski definition) is 4. The zero-order valence-electron chi connectivity index (χ0n) is 8.82. The Morgan fingerprint density at radius 2 is 2.07 bits per heavy atom. The molecule has 0 spiro atoms. The van der Waals surface area contributed by atoms with Gasteiger partial charge in [-0.3, -0.25) is 4.79 Å². The molecule has 0 saturated heterocycles. The fraction of sp³-hybridized carbons (Fsp3) is 0.750. The van der Waals surface area contributed by atoms with E-state index in [1.807, 2.05) is 0 Å². The van der Waals surface area contributed by atoms with E-state index in [4.69, 9.17) is 15.6 Å². The summed E-state index contributed by atoms with van der Waals surface area (Å²) in [5.74, 6) is -0.426. The third-order valence-electron chi connectivity index (χ3n) is 1.69. The summed E-state index contributed by atoms with van der Waals surface area (Å²) in [5, 5.41) is 13.6. The second-order valence-electron chi connectivity index (χ2n) is 3.07. The number of nitrogens with one attached hydrogen (secondary N) is 2. The van der Waals surface area contributed by atoms with Gasteiger partial charge in [-0.1, -0.05) is 0 Å². The Morgan fingerprint density at radius 1 is 1.47 bits per heavy atom. The molecule has 0 aliphatic carbocycles. The summed E-state index contributed by atoms with van der Waals surface area (Å²) in [6.07, 6.45) is 0. The van der Waals surface area contributed by atoms with Crippen LogP contribution in [0.3, 0.4) is 0 Å². The molecule has 0 radical (unpaired) electrons. The van der Waals surface area contributed by atoms with E-state index in [9.17, 15) is 9.59 Å². The van der Waals surface area contributed by atoms with Gasteiger partial charge >= 0.3 is 6.03 Å². The average Bonchev–Trinajstić information content (AvgIpc) is 2.15. The van der Waals surface area contributed by atoms with Crippen LogP contribution in [-0.4, -0.2) is 49.5 Å². The maximum absolute atomic E-state index is 11.4. The fourth-order valence-electron chi connectivity index (χ4n) is 0.946. The summed E-state index contributed by atoms with van der Waals surface area (Å²) in [6.45, 7) is 1.45. The van der Waals surface area contributed by atoms with Crippen molar-refractivity contribution in [2.75, 3.05) is 20.3 Å². The summed E-state index contributed by atoms with van der Waals surface area (Å²) in [6, 6.07) is -2.00. The number of ether oxygens (including phenoxy) is 1. The van der Waals surface area contributed by atoms with Crippen molar-refractivity contribution in [3.63, 3.8) is 0 Å². The van der Waals surface area contributed by atoms with Crippen LogP contribution in [0.2, 0.25) is 0 Å². The number of primary amides is 1. The molecule has 7 nitrogen and oxygen atoms in total. The fourth-order valence-corrected chi connectivity index (χ4v) is 0.946. The SMILES string of the molecule is COCC(CO)NC(=O)C(C)NC(N)=O. The molecule has 0 saturated carbocycles. The van der Waals surface area contributed by atoms with Crippen molar-refractivity contribution in [3.8, 4) is 0 Å². The molecule has 0 rings (SSSR count). The van der Waals surface area contributed by atoms with Crippen molar-refractivity contribution >= 4 is 11.9 Å². The van der Waals surface area contributed by atoms with E-state index < -0.39 is 24.0 Å². The molecule has 0 fully saturated rings. The number of amides is 3. The molecule has 0 aromatic heterocycles. The Morgan fingerprint density at radius 3 is 2.47 bits per heavy atom. The van der Waals surface area contributed by atoms with E-state index in [2.05, 4.69) is 10.6 Å². The van der Waals surface area contributed by atoms with Gasteiger partial charge in [0.05, 0.1) is 19.3 Å². The van der Waals surface area contributed by atoms with Gasteiger partial charge in [-0.15, -0.1) is 0 Å². The normalized spacial score (nSPS) is 14.1. The molecule has 0 aliphatic rings. The molecule has 0 aromatic rings. The van der Waals surface area contributed by atoms with E-state index in [1.54, 1.807) is 0 Å². The molecular weight excluding hydrogens is 202 g/mol. The number of aliphatic hydroxyl groups is 1. The van der Waals surface area contributed by atoms with Crippen molar-refractivity contribution in [1.82, 2.24) is 10.6 Å². The van der Waals surface area contributed by atoms with Gasteiger partial charge in [0.1, 0.15) is 6.04 Å². The van der Waals surface area contributed by atoms with E-state index in [-0.39, 0.29) is 13.2 Å². The van der Waals surface area contributed by atoms with Gasteiger partial charge in [-0.05, 0) is 6.92 Å². The van der Waals surface area contributed by atoms with Crippen LogP contribution < -0.4 is 16.4 Å². The topological polar surface area (TPSA) is 114 Å². The van der Waals surface area contributed by atoms with Crippen molar-refractivity contribution in [3.05, 3.63) is 0 Å². The minimum Gasteiger partial charge on any atom is -0.394 e. The lowest BCUT2D eigenvalue weighted by Gasteiger charge is -2.18. The van der Waals surface area contributed by atoms with Gasteiger partial charge < -0.3 is 26.2 Å². The minimum atomic E-state index is -0.773. The Bertz CT molecular complexity index is 222. The standard InChI is InChI=1S/C8H17N3O4/c1-5(10-8(9)14)7(13)11-6(3-12)4-15-2/h5-6,12H,3-4H2,1-2H3,(H,11,13)(H3,9,10,14). The third-order valence-corrected chi connectivity index (χ3v) is 1.69. The molecule has 5 N–H and O–H groups in total. The number of carbonyl (C=O) groups excluding carboxylic acids is 2. The van der Waals surface area contributed by atoms with Gasteiger partial charge in [0, 0.05) is 7.11 Å². The first-order valence-corrected chi connectivity index (χ1v) is 4.47. The average molecular weight is 219 g/mol. The van der Waals surface area contributed by atoms with Crippen molar-refractivity contribution < 1.29 is 19.4 Å².